The molecule has 0 unspecified atom stereocenters. The van der Waals surface area contributed by atoms with Crippen molar-refractivity contribution in [1.29, 1.82) is 0 Å². The highest BCUT2D eigenvalue weighted by Crippen LogP contribution is 2.21. The minimum absolute atomic E-state index is 0.00978. The summed E-state index contributed by atoms with van der Waals surface area (Å²) in [6.07, 6.45) is 5.93. The van der Waals surface area contributed by atoms with Crippen LogP contribution in [0.3, 0.4) is 0 Å². The fourth-order valence-corrected chi connectivity index (χ4v) is 5.36. The monoisotopic (exact) mass is 876 g/mol. The first kappa shape index (κ1) is 55.1. The minimum Gasteiger partial charge on any atom is -0.463 e. The zero-order valence-electron chi connectivity index (χ0n) is 36.2. The second kappa shape index (κ2) is 36.7. The Labute approximate surface area is 358 Å². The summed E-state index contributed by atoms with van der Waals surface area (Å²) < 4.78 is 60.2. The molecule has 0 radical (unpaired) electrons. The third-order valence-electron chi connectivity index (χ3n) is 8.57. The van der Waals surface area contributed by atoms with E-state index in [9.17, 15) is 33.6 Å². The molecule has 0 spiro atoms. The number of imide groups is 1. The summed E-state index contributed by atoms with van der Waals surface area (Å²) in [5, 5.41) is 2.61. The highest BCUT2D eigenvalue weighted by atomic mass is 16.6. The number of rotatable bonds is 42. The van der Waals surface area contributed by atoms with Gasteiger partial charge in [0.2, 0.25) is 5.91 Å². The van der Waals surface area contributed by atoms with Crippen LogP contribution < -0.4 is 5.32 Å². The molecule has 0 aliphatic carbocycles. The molecule has 20 nitrogen and oxygen atoms in total. The molecule has 20 heteroatoms. The summed E-state index contributed by atoms with van der Waals surface area (Å²) in [4.78, 5) is 84.4. The third kappa shape index (κ3) is 29.9. The molecule has 0 bridgehead atoms. The van der Waals surface area contributed by atoms with E-state index >= 15 is 0 Å². The van der Waals surface area contributed by atoms with Crippen LogP contribution in [0.2, 0.25) is 0 Å². The van der Waals surface area contributed by atoms with E-state index in [0.29, 0.717) is 65.0 Å². The van der Waals surface area contributed by atoms with Gasteiger partial charge in [-0.25, -0.2) is 0 Å². The highest BCUT2D eigenvalue weighted by Gasteiger charge is 2.33. The molecule has 1 rings (SSSR count). The molecule has 1 heterocycles. The van der Waals surface area contributed by atoms with Crippen LogP contribution in [0.4, 0.5) is 0 Å². The molecule has 0 saturated carbocycles. The number of esters is 3. The number of carbonyl (C=O) groups excluding carboxylic acids is 7. The maximum atomic E-state index is 12.3. The van der Waals surface area contributed by atoms with Gasteiger partial charge in [0, 0.05) is 98.6 Å². The summed E-state index contributed by atoms with van der Waals surface area (Å²) in [5.41, 5.74) is -0.889. The summed E-state index contributed by atoms with van der Waals surface area (Å²) in [7, 11) is 4.67. The number of Topliss-reactive ketones (excluding diaryl/α,β-unsaturated/α-hetero) is 1. The molecule has 0 aromatic carbocycles. The number of hydrogen-bond acceptors (Lipinski definition) is 18. The van der Waals surface area contributed by atoms with Crippen LogP contribution >= 0.6 is 0 Å². The number of nitrogens with one attached hydrogen (secondary N) is 1. The SMILES string of the molecule is COCCCC(=O)OCCOCC(COCCOCCCC(=O)CCCNC(=O)CN1C(=O)C=CC1=O)(COCCOC(=O)CCCOC)COCCOC(=O)CCCOC. The number of amides is 3. The lowest BCUT2D eigenvalue weighted by Crippen LogP contribution is -2.43. The Hall–Kier alpha value is -3.89. The van der Waals surface area contributed by atoms with Crippen molar-refractivity contribution in [2.75, 3.05) is 140 Å². The zero-order valence-corrected chi connectivity index (χ0v) is 36.2. The fourth-order valence-electron chi connectivity index (χ4n) is 5.36. The van der Waals surface area contributed by atoms with Gasteiger partial charge in [-0.3, -0.25) is 38.5 Å². The van der Waals surface area contributed by atoms with Crippen molar-refractivity contribution in [3.63, 3.8) is 0 Å². The van der Waals surface area contributed by atoms with Gasteiger partial charge in [-0.15, -0.1) is 0 Å². The fraction of sp³-hybridized carbons (Fsp3) is 0.780. The van der Waals surface area contributed by atoms with E-state index in [4.69, 9.17) is 52.1 Å². The molecule has 61 heavy (non-hydrogen) atoms. The molecule has 1 N–H and O–H groups in total. The predicted octanol–water partition coefficient (Wildman–Crippen LogP) is 1.14. The van der Waals surface area contributed by atoms with Gasteiger partial charge in [0.25, 0.3) is 11.8 Å². The zero-order chi connectivity index (χ0) is 44.8. The van der Waals surface area contributed by atoms with Crippen LogP contribution in [0, 0.1) is 5.41 Å². The average Bonchev–Trinajstić information content (AvgIpc) is 3.55. The molecular weight excluding hydrogens is 808 g/mol. The van der Waals surface area contributed by atoms with E-state index < -0.39 is 23.1 Å². The summed E-state index contributed by atoms with van der Waals surface area (Å²) >= 11 is 0. The standard InChI is InChI=1S/C41H68N2O18/c1-51-17-6-11-38(48)59-26-23-56-31-41(32-57-24-27-60-39(49)12-7-18-52-2,33-58-25-28-61-40(50)13-8-19-53-3)30-55-22-21-54-20-5-10-34(44)9-4-16-42-35(45)29-43-36(46)14-15-37(43)47/h14-15H,4-13,16-33H2,1-3H3,(H,42,45). The largest absolute Gasteiger partial charge is 0.463 e. The van der Waals surface area contributed by atoms with E-state index in [2.05, 4.69) is 5.32 Å². The first-order valence-corrected chi connectivity index (χ1v) is 20.7. The lowest BCUT2D eigenvalue weighted by molar-refractivity contribution is -0.151. The summed E-state index contributed by atoms with van der Waals surface area (Å²) in [6.45, 7) is 2.60. The number of ether oxygens (including phenoxy) is 11. The van der Waals surface area contributed by atoms with Crippen molar-refractivity contribution in [1.82, 2.24) is 10.2 Å². The Bertz CT molecular complexity index is 1200. The van der Waals surface area contributed by atoms with Gasteiger partial charge in [-0.2, -0.15) is 0 Å². The van der Waals surface area contributed by atoms with Crippen LogP contribution in [0.5, 0.6) is 0 Å². The van der Waals surface area contributed by atoms with E-state index in [-0.39, 0.29) is 142 Å². The number of ketones is 1. The Morgan fingerprint density at radius 2 is 0.869 bits per heavy atom. The molecule has 0 aromatic heterocycles. The first-order valence-electron chi connectivity index (χ1n) is 20.7. The van der Waals surface area contributed by atoms with Crippen LogP contribution in [0.25, 0.3) is 0 Å². The maximum absolute atomic E-state index is 12.3. The Morgan fingerprint density at radius 3 is 1.30 bits per heavy atom. The summed E-state index contributed by atoms with van der Waals surface area (Å²) in [6, 6.07) is 0. The van der Waals surface area contributed by atoms with Crippen LogP contribution in [0.15, 0.2) is 12.2 Å². The Morgan fingerprint density at radius 1 is 0.492 bits per heavy atom. The molecule has 1 aliphatic rings. The number of hydrogen-bond donors (Lipinski definition) is 1. The first-order chi connectivity index (χ1) is 29.6. The molecule has 0 atom stereocenters. The van der Waals surface area contributed by atoms with Gasteiger partial charge in [-0.05, 0) is 32.1 Å². The van der Waals surface area contributed by atoms with Crippen molar-refractivity contribution in [3.8, 4) is 0 Å². The summed E-state index contributed by atoms with van der Waals surface area (Å²) in [5.74, 6) is -2.65. The molecule has 3 amide bonds. The quantitative estimate of drug-likeness (QED) is 0.0392. The van der Waals surface area contributed by atoms with Crippen molar-refractivity contribution >= 4 is 41.4 Å². The Balaban J connectivity index is 2.63. The van der Waals surface area contributed by atoms with E-state index in [1.807, 2.05) is 0 Å². The van der Waals surface area contributed by atoms with Crippen molar-refractivity contribution in [3.05, 3.63) is 12.2 Å². The topological polar surface area (TPSA) is 236 Å². The van der Waals surface area contributed by atoms with Crippen molar-refractivity contribution < 1.29 is 85.7 Å². The van der Waals surface area contributed by atoms with Gasteiger partial charge >= 0.3 is 17.9 Å². The molecular formula is C41H68N2O18. The van der Waals surface area contributed by atoms with Gasteiger partial charge in [0.1, 0.15) is 32.1 Å². The number of methoxy groups -OCH3 is 3. The lowest BCUT2D eigenvalue weighted by atomic mass is 9.92. The second-order valence-corrected chi connectivity index (χ2v) is 14.0. The molecule has 350 valence electrons. The minimum atomic E-state index is -0.889. The van der Waals surface area contributed by atoms with Crippen LogP contribution in [-0.2, 0) is 85.7 Å². The van der Waals surface area contributed by atoms with E-state index in [0.717, 1.165) is 17.1 Å². The molecule has 0 saturated heterocycles. The molecule has 0 fully saturated rings. The van der Waals surface area contributed by atoms with E-state index in [1.54, 1.807) is 21.3 Å². The van der Waals surface area contributed by atoms with Gasteiger partial charge in [-0.1, -0.05) is 0 Å². The average molecular weight is 877 g/mol. The van der Waals surface area contributed by atoms with E-state index in [1.165, 1.54) is 0 Å². The predicted molar refractivity (Wildman–Crippen MR) is 215 cm³/mol. The molecule has 1 aliphatic heterocycles. The lowest BCUT2D eigenvalue weighted by Gasteiger charge is -2.33. The van der Waals surface area contributed by atoms with Gasteiger partial charge in [0.15, 0.2) is 0 Å². The van der Waals surface area contributed by atoms with Gasteiger partial charge < -0.3 is 57.4 Å². The van der Waals surface area contributed by atoms with Crippen molar-refractivity contribution in [2.24, 2.45) is 5.41 Å². The normalized spacial score (nSPS) is 12.5. The van der Waals surface area contributed by atoms with Crippen LogP contribution in [0.1, 0.15) is 64.2 Å². The second-order valence-electron chi connectivity index (χ2n) is 14.0. The molecule has 0 aromatic rings. The number of carbonyl (C=O) groups is 7. The Kier molecular flexibility index (Phi) is 33.2. The van der Waals surface area contributed by atoms with Crippen LogP contribution in [-0.4, -0.2) is 186 Å². The third-order valence-corrected chi connectivity index (χ3v) is 8.57. The number of nitrogens with zero attached hydrogens (tertiary/aromatic N) is 1. The smallest absolute Gasteiger partial charge is 0.305 e. The van der Waals surface area contributed by atoms with Gasteiger partial charge in [0.05, 0.1) is 64.9 Å². The maximum Gasteiger partial charge on any atom is 0.305 e. The van der Waals surface area contributed by atoms with Crippen molar-refractivity contribution in [2.45, 2.75) is 64.2 Å². The highest BCUT2D eigenvalue weighted by molar-refractivity contribution is 6.14.